The lowest BCUT2D eigenvalue weighted by Gasteiger charge is -2.50. The highest BCUT2D eigenvalue weighted by molar-refractivity contribution is 8.00. The van der Waals surface area contributed by atoms with Crippen molar-refractivity contribution in [2.45, 2.75) is 43.3 Å². The predicted molar refractivity (Wildman–Crippen MR) is 223 cm³/mol. The van der Waals surface area contributed by atoms with Crippen molar-refractivity contribution < 1.29 is 28.8 Å². The molecule has 17 heteroatoms. The summed E-state index contributed by atoms with van der Waals surface area (Å²) in [6.45, 7) is 5.07. The number of benzene rings is 3. The molecule has 1 aromatic heterocycles. The molecule has 3 N–H and O–H groups in total. The van der Waals surface area contributed by atoms with Gasteiger partial charge in [0.1, 0.15) is 52.7 Å². The molecular weight excluding hydrogens is 797 g/mol. The Labute approximate surface area is 347 Å². The van der Waals surface area contributed by atoms with E-state index < -0.39 is 46.2 Å². The van der Waals surface area contributed by atoms with Crippen LogP contribution < -0.4 is 15.4 Å². The number of nitrogens with zero attached hydrogens (tertiary/aromatic N) is 5. The van der Waals surface area contributed by atoms with Crippen LogP contribution in [0.4, 0.5) is 5.13 Å². The number of amides is 3. The molecule has 0 unspecified atom stereocenters. The van der Waals surface area contributed by atoms with Crippen LogP contribution in [0.2, 0.25) is 0 Å². The lowest BCUT2D eigenvalue weighted by Crippen LogP contribution is -2.71. The minimum atomic E-state index is -1.03. The molecule has 0 radical (unpaired) electrons. The van der Waals surface area contributed by atoms with Crippen LogP contribution in [0.25, 0.3) is 0 Å². The number of β-lactam (4-membered cyclic amide) rings is 1. The van der Waals surface area contributed by atoms with E-state index >= 15 is 0 Å². The van der Waals surface area contributed by atoms with Crippen molar-refractivity contribution >= 4 is 69.8 Å². The average molecular weight is 835 g/mol. The van der Waals surface area contributed by atoms with Crippen LogP contribution in [-0.4, -0.2) is 80.0 Å². The summed E-state index contributed by atoms with van der Waals surface area (Å²) in [6, 6.07) is 30.9. The van der Waals surface area contributed by atoms with Crippen LogP contribution in [0.1, 0.15) is 43.2 Å². The summed E-state index contributed by atoms with van der Waals surface area (Å²) in [5, 5.41) is 21.4. The average Bonchev–Trinajstić information content (AvgIpc) is 3.69. The van der Waals surface area contributed by atoms with Crippen molar-refractivity contribution in [1.29, 1.82) is 5.26 Å². The summed E-state index contributed by atoms with van der Waals surface area (Å²) in [5.74, 6) is -2.30. The maximum Gasteiger partial charge on any atom is 0.355 e. The van der Waals surface area contributed by atoms with E-state index in [1.165, 1.54) is 45.6 Å². The van der Waals surface area contributed by atoms with Crippen LogP contribution in [0, 0.1) is 11.3 Å². The lowest BCUT2D eigenvalue weighted by atomic mass is 9.77. The van der Waals surface area contributed by atoms with Crippen molar-refractivity contribution in [1.82, 2.24) is 24.2 Å². The SMILES string of the molecule is CO/N=C(\C(=O)N[C@@H]1C(=O)N2C(C(=O)OC(C)(C)C)=C(CN3SNC=C(C#N)C3=O)CS[C@H]12)c1csc(NC(c2ccccc2)(c2ccccc2)c2ccccc2)n1. The van der Waals surface area contributed by atoms with E-state index in [0.29, 0.717) is 10.7 Å². The Morgan fingerprint density at radius 3 is 2.14 bits per heavy atom. The molecule has 7 rings (SSSR count). The number of hydrogen-bond acceptors (Lipinski definition) is 14. The zero-order valence-corrected chi connectivity index (χ0v) is 34.2. The van der Waals surface area contributed by atoms with Crippen LogP contribution in [0.15, 0.2) is 125 Å². The van der Waals surface area contributed by atoms with E-state index in [2.05, 4.69) is 20.5 Å². The minimum absolute atomic E-state index is 0.00429. The fraction of sp³-hybridized carbons (Fsp3) is 0.244. The van der Waals surface area contributed by atoms with Crippen molar-refractivity contribution in [2.75, 3.05) is 24.7 Å². The van der Waals surface area contributed by atoms with E-state index in [9.17, 15) is 24.4 Å². The summed E-state index contributed by atoms with van der Waals surface area (Å²) in [5.41, 5.74) is 1.57. The first kappa shape index (κ1) is 40.1. The third-order valence-electron chi connectivity index (χ3n) is 9.26. The molecule has 296 valence electrons. The topological polar surface area (TPSA) is 178 Å². The number of hydrogen-bond donors (Lipinski definition) is 3. The molecule has 1 saturated heterocycles. The standard InChI is InChI=1S/C41H38N8O6S3/c1-40(2,3)55-38(53)33-26(22-48-35(51)25(20-42)21-43-58-48)23-56-37-32(36(52)49(33)37)45-34(50)31(47-54-4)30-24-57-39(44-30)46-41(27-14-8-5-9-15-27,28-16-10-6-11-17-28)29-18-12-7-13-19-29/h5-19,21,24,32,37,43H,22-23H2,1-4H3,(H,44,46)(H,45,50)/b47-31-/t32-,37-/m1/s1. The number of fused-ring (bicyclic) bond motifs is 1. The van der Waals surface area contributed by atoms with Gasteiger partial charge in [-0.15, -0.1) is 23.1 Å². The molecule has 2 atom stereocenters. The summed E-state index contributed by atoms with van der Waals surface area (Å²) < 4.78 is 9.82. The Kier molecular flexibility index (Phi) is 11.6. The normalized spacial score (nSPS) is 18.3. The maximum atomic E-state index is 14.0. The Hall–Kier alpha value is -6.09. The first-order valence-electron chi connectivity index (χ1n) is 18.0. The zero-order chi connectivity index (χ0) is 41.0. The second kappa shape index (κ2) is 16.8. The third kappa shape index (κ3) is 7.90. The third-order valence-corrected chi connectivity index (χ3v) is 12.1. The first-order chi connectivity index (χ1) is 27.9. The van der Waals surface area contributed by atoms with E-state index in [1.54, 1.807) is 26.2 Å². The molecule has 0 spiro atoms. The number of carbonyl (C=O) groups excluding carboxylic acids is 4. The number of anilines is 1. The summed E-state index contributed by atoms with van der Waals surface area (Å²) >= 11 is 3.56. The number of esters is 1. The van der Waals surface area contributed by atoms with E-state index in [4.69, 9.17) is 14.6 Å². The highest BCUT2D eigenvalue weighted by Crippen LogP contribution is 2.43. The molecule has 3 aromatic carbocycles. The molecule has 4 aromatic rings. The van der Waals surface area contributed by atoms with Gasteiger partial charge in [-0.2, -0.15) is 5.26 Å². The fourth-order valence-electron chi connectivity index (χ4n) is 6.75. The summed E-state index contributed by atoms with van der Waals surface area (Å²) in [6.07, 6.45) is 1.31. The number of thioether (sulfide) groups is 1. The number of aromatic nitrogens is 1. The van der Waals surface area contributed by atoms with Crippen LogP contribution in [0.5, 0.6) is 0 Å². The molecule has 14 nitrogen and oxygen atoms in total. The van der Waals surface area contributed by atoms with Crippen LogP contribution in [0.3, 0.4) is 0 Å². The largest absolute Gasteiger partial charge is 0.455 e. The molecule has 1 fully saturated rings. The smallest absolute Gasteiger partial charge is 0.355 e. The molecule has 0 saturated carbocycles. The van der Waals surface area contributed by atoms with Gasteiger partial charge < -0.3 is 24.9 Å². The van der Waals surface area contributed by atoms with Gasteiger partial charge in [0, 0.05) is 17.3 Å². The molecular formula is C41H38N8O6S3. The predicted octanol–water partition coefficient (Wildman–Crippen LogP) is 5.30. The number of carbonyl (C=O) groups is 4. The van der Waals surface area contributed by atoms with Crippen molar-refractivity contribution in [2.24, 2.45) is 5.16 Å². The highest BCUT2D eigenvalue weighted by Gasteiger charge is 2.55. The molecule has 3 aliphatic heterocycles. The van der Waals surface area contributed by atoms with Gasteiger partial charge in [0.25, 0.3) is 17.7 Å². The highest BCUT2D eigenvalue weighted by atomic mass is 32.2. The minimum Gasteiger partial charge on any atom is -0.455 e. The van der Waals surface area contributed by atoms with Crippen LogP contribution >= 0.6 is 35.2 Å². The van der Waals surface area contributed by atoms with Gasteiger partial charge in [-0.3, -0.25) is 23.6 Å². The number of nitrogens with one attached hydrogen (secondary N) is 3. The van der Waals surface area contributed by atoms with E-state index in [1.807, 2.05) is 97.1 Å². The number of ether oxygens (including phenoxy) is 1. The zero-order valence-electron chi connectivity index (χ0n) is 31.8. The number of nitriles is 1. The number of oxime groups is 1. The summed E-state index contributed by atoms with van der Waals surface area (Å²) in [7, 11) is 1.31. The monoisotopic (exact) mass is 834 g/mol. The van der Waals surface area contributed by atoms with Gasteiger partial charge in [0.2, 0.25) is 0 Å². The lowest BCUT2D eigenvalue weighted by molar-refractivity contribution is -0.158. The van der Waals surface area contributed by atoms with Crippen molar-refractivity contribution in [3.8, 4) is 6.07 Å². The van der Waals surface area contributed by atoms with Gasteiger partial charge in [-0.25, -0.2) is 9.78 Å². The van der Waals surface area contributed by atoms with Gasteiger partial charge >= 0.3 is 5.97 Å². The second-order valence-corrected chi connectivity index (χ2v) is 17.0. The van der Waals surface area contributed by atoms with Crippen LogP contribution in [-0.2, 0) is 34.3 Å². The summed E-state index contributed by atoms with van der Waals surface area (Å²) in [4.78, 5) is 65.7. The number of rotatable bonds is 12. The molecule has 3 amide bonds. The van der Waals surface area contributed by atoms with Crippen molar-refractivity contribution in [3.63, 3.8) is 0 Å². The molecule has 0 bridgehead atoms. The molecule has 3 aliphatic rings. The van der Waals surface area contributed by atoms with Crippen molar-refractivity contribution in [3.05, 3.63) is 142 Å². The Morgan fingerprint density at radius 1 is 0.983 bits per heavy atom. The van der Waals surface area contributed by atoms with E-state index in [-0.39, 0.29) is 35.0 Å². The quantitative estimate of drug-likeness (QED) is 0.0420. The Bertz CT molecular complexity index is 2260. The first-order valence-corrected chi connectivity index (χ1v) is 20.7. The molecule has 58 heavy (non-hydrogen) atoms. The maximum absolute atomic E-state index is 14.0. The van der Waals surface area contributed by atoms with Gasteiger partial charge in [-0.1, -0.05) is 96.2 Å². The van der Waals surface area contributed by atoms with E-state index in [0.717, 1.165) is 28.8 Å². The number of thiazole rings is 1. The fourth-order valence-corrected chi connectivity index (χ4v) is 9.54. The second-order valence-electron chi connectivity index (χ2n) is 14.2. The molecule has 0 aliphatic carbocycles. The Morgan fingerprint density at radius 2 is 1.59 bits per heavy atom. The van der Waals surface area contributed by atoms with Gasteiger partial charge in [0.15, 0.2) is 10.8 Å². The molecule has 4 heterocycles. The van der Waals surface area contributed by atoms with Gasteiger partial charge in [-0.05, 0) is 43.0 Å². The Balaban J connectivity index is 1.15. The van der Waals surface area contributed by atoms with Gasteiger partial charge in [0.05, 0.1) is 18.7 Å².